The van der Waals surface area contributed by atoms with E-state index in [0.717, 1.165) is 55.1 Å². The minimum Gasteiger partial charge on any atom is -0.377 e. The number of carbonyl (C=O) groups is 1. The Kier molecular flexibility index (Phi) is 6.57. The van der Waals surface area contributed by atoms with Gasteiger partial charge in [-0.15, -0.1) is 0 Å². The van der Waals surface area contributed by atoms with Crippen molar-refractivity contribution in [2.75, 3.05) is 41.4 Å². The molecule has 3 aromatic rings. The molecule has 1 saturated heterocycles. The summed E-state index contributed by atoms with van der Waals surface area (Å²) < 4.78 is 5.70. The summed E-state index contributed by atoms with van der Waals surface area (Å²) in [5, 5.41) is 5.93. The van der Waals surface area contributed by atoms with E-state index in [2.05, 4.69) is 37.3 Å². The van der Waals surface area contributed by atoms with Crippen LogP contribution in [-0.2, 0) is 17.7 Å². The molecular formula is C27H32N8O2. The van der Waals surface area contributed by atoms with Gasteiger partial charge in [0.1, 0.15) is 5.82 Å². The normalized spacial score (nSPS) is 19.6. The van der Waals surface area contributed by atoms with Crippen molar-refractivity contribution in [1.82, 2.24) is 25.3 Å². The van der Waals surface area contributed by atoms with Crippen molar-refractivity contribution in [3.63, 3.8) is 0 Å². The molecule has 0 bridgehead atoms. The number of aromatic nitrogens is 4. The van der Waals surface area contributed by atoms with Crippen molar-refractivity contribution in [3.05, 3.63) is 54.0 Å². The highest BCUT2D eigenvalue weighted by Crippen LogP contribution is 2.32. The summed E-state index contributed by atoms with van der Waals surface area (Å²) in [6.45, 7) is 5.79. The number of anilines is 3. The molecular weight excluding hydrogens is 468 g/mol. The second-order valence-corrected chi connectivity index (χ2v) is 9.94. The van der Waals surface area contributed by atoms with E-state index in [1.165, 1.54) is 12.0 Å². The third kappa shape index (κ3) is 5.06. The molecule has 2 amide bonds. The van der Waals surface area contributed by atoms with Gasteiger partial charge in [0.05, 0.1) is 31.5 Å². The van der Waals surface area contributed by atoms with Crippen LogP contribution in [0.15, 0.2) is 42.7 Å². The van der Waals surface area contributed by atoms with Crippen LogP contribution < -0.4 is 20.4 Å². The summed E-state index contributed by atoms with van der Waals surface area (Å²) >= 11 is 0. The van der Waals surface area contributed by atoms with Crippen LogP contribution in [0, 0.1) is 0 Å². The Labute approximate surface area is 216 Å². The van der Waals surface area contributed by atoms with E-state index in [-0.39, 0.29) is 12.1 Å². The SMILES string of the molecule is C[C@H]1COCCN1c1nc(-c2ccc(NC(=O)NC3CCC3)cc2)nc2c1CCN(c1ncccn1)C2. The lowest BCUT2D eigenvalue weighted by molar-refractivity contribution is 0.0984. The highest BCUT2D eigenvalue weighted by molar-refractivity contribution is 5.89. The Morgan fingerprint density at radius 2 is 1.89 bits per heavy atom. The molecule has 1 aromatic carbocycles. The number of morpholine rings is 1. The van der Waals surface area contributed by atoms with E-state index in [9.17, 15) is 4.79 Å². The summed E-state index contributed by atoms with van der Waals surface area (Å²) in [5.41, 5.74) is 3.84. The van der Waals surface area contributed by atoms with E-state index < -0.39 is 0 Å². The Morgan fingerprint density at radius 1 is 1.08 bits per heavy atom. The zero-order valence-electron chi connectivity index (χ0n) is 21.1. The van der Waals surface area contributed by atoms with Crippen molar-refractivity contribution in [3.8, 4) is 11.4 Å². The van der Waals surface area contributed by atoms with Gasteiger partial charge in [0.2, 0.25) is 5.95 Å². The molecule has 10 nitrogen and oxygen atoms in total. The van der Waals surface area contributed by atoms with Crippen LogP contribution in [0.5, 0.6) is 0 Å². The number of amides is 2. The van der Waals surface area contributed by atoms with Crippen molar-refractivity contribution < 1.29 is 9.53 Å². The third-order valence-electron chi connectivity index (χ3n) is 7.36. The summed E-state index contributed by atoms with van der Waals surface area (Å²) in [6, 6.07) is 9.94. The van der Waals surface area contributed by atoms with Crippen LogP contribution in [-0.4, -0.2) is 64.4 Å². The number of benzene rings is 1. The first kappa shape index (κ1) is 23.6. The number of fused-ring (bicyclic) bond motifs is 1. The molecule has 0 spiro atoms. The van der Waals surface area contributed by atoms with Gasteiger partial charge in [0.15, 0.2) is 5.82 Å². The first-order valence-corrected chi connectivity index (χ1v) is 13.1. The van der Waals surface area contributed by atoms with Crippen LogP contribution in [0.2, 0.25) is 0 Å². The molecule has 2 N–H and O–H groups in total. The minimum absolute atomic E-state index is 0.158. The standard InChI is InChI=1S/C27H32N8O2/c1-18-17-37-15-14-35(18)25-22-10-13-34(26-28-11-3-12-29-26)16-23(22)32-24(33-25)19-6-8-21(9-7-19)31-27(36)30-20-4-2-5-20/h3,6-9,11-12,18,20H,2,4-5,10,13-17H2,1H3,(H2,30,31,36)/t18-/m0/s1. The lowest BCUT2D eigenvalue weighted by atomic mass is 9.93. The molecule has 1 atom stereocenters. The van der Waals surface area contributed by atoms with Crippen molar-refractivity contribution in [1.29, 1.82) is 0 Å². The van der Waals surface area contributed by atoms with E-state index in [4.69, 9.17) is 14.7 Å². The molecule has 10 heteroatoms. The molecule has 37 heavy (non-hydrogen) atoms. The Bertz CT molecular complexity index is 1250. The largest absolute Gasteiger partial charge is 0.377 e. The van der Waals surface area contributed by atoms with Crippen molar-refractivity contribution in [2.24, 2.45) is 0 Å². The number of ether oxygens (including phenoxy) is 1. The van der Waals surface area contributed by atoms with Gasteiger partial charge in [0.25, 0.3) is 0 Å². The molecule has 3 aliphatic rings. The van der Waals surface area contributed by atoms with E-state index in [1.54, 1.807) is 12.4 Å². The zero-order chi connectivity index (χ0) is 25.2. The number of urea groups is 1. The van der Waals surface area contributed by atoms with Gasteiger partial charge in [-0.1, -0.05) is 0 Å². The monoisotopic (exact) mass is 500 g/mol. The summed E-state index contributed by atoms with van der Waals surface area (Å²) in [6.07, 6.45) is 7.66. The molecule has 2 fully saturated rings. The number of hydrogen-bond donors (Lipinski definition) is 2. The fourth-order valence-electron chi connectivity index (χ4n) is 5.05. The number of nitrogens with one attached hydrogen (secondary N) is 2. The number of nitrogens with zero attached hydrogens (tertiary/aromatic N) is 6. The van der Waals surface area contributed by atoms with Crippen LogP contribution in [0.1, 0.15) is 37.4 Å². The second-order valence-electron chi connectivity index (χ2n) is 9.94. The van der Waals surface area contributed by atoms with Crippen LogP contribution in [0.25, 0.3) is 11.4 Å². The van der Waals surface area contributed by atoms with Crippen LogP contribution in [0.4, 0.5) is 22.2 Å². The van der Waals surface area contributed by atoms with Gasteiger partial charge in [-0.25, -0.2) is 24.7 Å². The van der Waals surface area contributed by atoms with Crippen molar-refractivity contribution >= 4 is 23.5 Å². The molecule has 1 aliphatic carbocycles. The molecule has 4 heterocycles. The summed E-state index contributed by atoms with van der Waals surface area (Å²) in [5.74, 6) is 2.38. The maximum atomic E-state index is 12.3. The first-order valence-electron chi connectivity index (χ1n) is 13.1. The van der Waals surface area contributed by atoms with Gasteiger partial charge in [-0.05, 0) is 62.9 Å². The molecule has 2 aliphatic heterocycles. The highest BCUT2D eigenvalue weighted by atomic mass is 16.5. The lowest BCUT2D eigenvalue weighted by Crippen LogP contribution is -2.45. The van der Waals surface area contributed by atoms with Gasteiger partial charge in [0, 0.05) is 48.3 Å². The van der Waals surface area contributed by atoms with Gasteiger partial charge < -0.3 is 25.2 Å². The van der Waals surface area contributed by atoms with Crippen LogP contribution >= 0.6 is 0 Å². The van der Waals surface area contributed by atoms with E-state index in [1.807, 2.05) is 30.3 Å². The minimum atomic E-state index is -0.158. The molecule has 2 aromatic heterocycles. The summed E-state index contributed by atoms with van der Waals surface area (Å²) in [4.78, 5) is 35.8. The fraction of sp³-hybridized carbons (Fsp3) is 0.444. The average molecular weight is 501 g/mol. The maximum absolute atomic E-state index is 12.3. The molecule has 6 rings (SSSR count). The molecule has 0 unspecified atom stereocenters. The molecule has 0 radical (unpaired) electrons. The first-order chi connectivity index (χ1) is 18.1. The predicted molar refractivity (Wildman–Crippen MR) is 142 cm³/mol. The van der Waals surface area contributed by atoms with Gasteiger partial charge in [-0.2, -0.15) is 0 Å². The highest BCUT2D eigenvalue weighted by Gasteiger charge is 2.29. The average Bonchev–Trinajstić information content (AvgIpc) is 2.91. The lowest BCUT2D eigenvalue weighted by Gasteiger charge is -2.37. The Hall–Kier alpha value is -3.79. The van der Waals surface area contributed by atoms with Gasteiger partial charge >= 0.3 is 6.03 Å². The van der Waals surface area contributed by atoms with E-state index in [0.29, 0.717) is 37.6 Å². The van der Waals surface area contributed by atoms with Crippen molar-refractivity contribution in [2.45, 2.75) is 51.2 Å². The topological polar surface area (TPSA) is 108 Å². The maximum Gasteiger partial charge on any atom is 0.319 e. The van der Waals surface area contributed by atoms with Gasteiger partial charge in [-0.3, -0.25) is 0 Å². The molecule has 192 valence electrons. The van der Waals surface area contributed by atoms with E-state index >= 15 is 0 Å². The summed E-state index contributed by atoms with van der Waals surface area (Å²) in [7, 11) is 0. The Balaban J connectivity index is 1.29. The smallest absolute Gasteiger partial charge is 0.319 e. The fourth-order valence-corrected chi connectivity index (χ4v) is 5.05. The Morgan fingerprint density at radius 3 is 2.62 bits per heavy atom. The van der Waals surface area contributed by atoms with Crippen LogP contribution in [0.3, 0.4) is 0 Å². The number of rotatable bonds is 5. The predicted octanol–water partition coefficient (Wildman–Crippen LogP) is 3.40. The zero-order valence-corrected chi connectivity index (χ0v) is 21.1. The quantitative estimate of drug-likeness (QED) is 0.549. The third-order valence-corrected chi connectivity index (χ3v) is 7.36. The number of carbonyl (C=O) groups excluding carboxylic acids is 1. The number of hydrogen-bond acceptors (Lipinski definition) is 8. The molecule has 1 saturated carbocycles. The second kappa shape index (κ2) is 10.3.